The Morgan fingerprint density at radius 3 is 2.70 bits per heavy atom. The van der Waals surface area contributed by atoms with Crippen LogP contribution >= 0.6 is 23.2 Å². The van der Waals surface area contributed by atoms with Crippen molar-refractivity contribution >= 4 is 23.2 Å². The molecule has 0 aliphatic heterocycles. The van der Waals surface area contributed by atoms with Crippen LogP contribution in [0.4, 0.5) is 0 Å². The van der Waals surface area contributed by atoms with E-state index in [2.05, 4.69) is 6.92 Å². The van der Waals surface area contributed by atoms with Crippen molar-refractivity contribution in [3.05, 3.63) is 22.2 Å². The normalized spacial score (nSPS) is 25.7. The van der Waals surface area contributed by atoms with E-state index in [1.807, 2.05) is 12.2 Å². The van der Waals surface area contributed by atoms with Crippen LogP contribution in [0.15, 0.2) is 22.2 Å². The Kier molecular flexibility index (Phi) is 2.82. The highest BCUT2D eigenvalue weighted by Crippen LogP contribution is 2.31. The monoisotopic (exact) mass is 176 g/mol. The first kappa shape index (κ1) is 8.16. The van der Waals surface area contributed by atoms with Crippen LogP contribution in [0.1, 0.15) is 19.8 Å². The molecule has 2 heteroatoms. The van der Waals surface area contributed by atoms with E-state index in [1.165, 1.54) is 0 Å². The summed E-state index contributed by atoms with van der Waals surface area (Å²) in [6.45, 7) is 2.12. The molecule has 0 amide bonds. The number of hydrogen-bond acceptors (Lipinski definition) is 0. The Morgan fingerprint density at radius 2 is 2.20 bits per heavy atom. The average molecular weight is 177 g/mol. The molecule has 1 atom stereocenters. The van der Waals surface area contributed by atoms with Crippen LogP contribution in [0, 0.1) is 5.92 Å². The highest BCUT2D eigenvalue weighted by molar-refractivity contribution is 6.32. The Labute approximate surface area is 71.5 Å². The number of rotatable bonds is 1. The van der Waals surface area contributed by atoms with Gasteiger partial charge < -0.3 is 0 Å². The van der Waals surface area contributed by atoms with Gasteiger partial charge in [-0.3, -0.25) is 0 Å². The van der Waals surface area contributed by atoms with Crippen LogP contribution in [-0.2, 0) is 0 Å². The fraction of sp³-hybridized carbons (Fsp3) is 0.500. The molecule has 0 bridgehead atoms. The predicted octanol–water partition coefficient (Wildman–Crippen LogP) is 3.66. The molecule has 0 spiro atoms. The van der Waals surface area contributed by atoms with Gasteiger partial charge >= 0.3 is 0 Å². The molecule has 0 saturated carbocycles. The zero-order chi connectivity index (χ0) is 7.56. The molecule has 0 saturated heterocycles. The molecule has 0 aromatic rings. The van der Waals surface area contributed by atoms with E-state index in [1.54, 1.807) is 0 Å². The molecule has 10 heavy (non-hydrogen) atoms. The lowest BCUT2D eigenvalue weighted by atomic mass is 9.98. The summed E-state index contributed by atoms with van der Waals surface area (Å²) in [5.41, 5.74) is 0. The second kappa shape index (κ2) is 3.45. The smallest absolute Gasteiger partial charge is 0.0215 e. The molecular weight excluding hydrogens is 167 g/mol. The molecule has 0 N–H and O–H groups in total. The second-order valence-corrected chi connectivity index (χ2v) is 3.40. The fourth-order valence-corrected chi connectivity index (χ4v) is 1.59. The molecule has 1 aliphatic carbocycles. The summed E-state index contributed by atoms with van der Waals surface area (Å²) in [7, 11) is 0. The lowest BCUT2D eigenvalue weighted by Gasteiger charge is -2.16. The van der Waals surface area contributed by atoms with Crippen LogP contribution in [0.25, 0.3) is 0 Å². The van der Waals surface area contributed by atoms with E-state index >= 15 is 0 Å². The molecule has 1 rings (SSSR count). The lowest BCUT2D eigenvalue weighted by molar-refractivity contribution is 0.615. The quantitative estimate of drug-likeness (QED) is 0.573. The van der Waals surface area contributed by atoms with Crippen LogP contribution in [-0.4, -0.2) is 0 Å². The Bertz CT molecular complexity index is 180. The van der Waals surface area contributed by atoms with Gasteiger partial charge in [-0.25, -0.2) is 0 Å². The van der Waals surface area contributed by atoms with Gasteiger partial charge in [0.1, 0.15) is 0 Å². The first-order chi connectivity index (χ1) is 4.74. The zero-order valence-electron chi connectivity index (χ0n) is 5.90. The minimum atomic E-state index is 0.458. The van der Waals surface area contributed by atoms with Gasteiger partial charge in [-0.1, -0.05) is 30.1 Å². The van der Waals surface area contributed by atoms with Crippen molar-refractivity contribution in [1.29, 1.82) is 0 Å². The van der Waals surface area contributed by atoms with Crippen molar-refractivity contribution in [3.63, 3.8) is 0 Å². The summed E-state index contributed by atoms with van der Waals surface area (Å²) in [5.74, 6) is 0.458. The molecule has 1 unspecified atom stereocenters. The molecular formula is C8H10Cl2. The third kappa shape index (κ3) is 1.77. The summed E-state index contributed by atoms with van der Waals surface area (Å²) < 4.78 is 0. The van der Waals surface area contributed by atoms with E-state index < -0.39 is 0 Å². The number of hydrogen-bond donors (Lipinski definition) is 0. The summed E-state index contributed by atoms with van der Waals surface area (Å²) in [6.07, 6.45) is 5.74. The highest BCUT2D eigenvalue weighted by Gasteiger charge is 2.14. The van der Waals surface area contributed by atoms with Gasteiger partial charge in [0, 0.05) is 10.1 Å². The largest absolute Gasteiger partial charge is 0.0891 e. The first-order valence-corrected chi connectivity index (χ1v) is 4.21. The molecule has 56 valence electrons. The van der Waals surface area contributed by atoms with E-state index in [0.29, 0.717) is 5.92 Å². The zero-order valence-corrected chi connectivity index (χ0v) is 7.41. The number of allylic oxidation sites excluding steroid dienone is 4. The van der Waals surface area contributed by atoms with Crippen LogP contribution in [0.3, 0.4) is 0 Å². The maximum absolute atomic E-state index is 5.91. The Balaban J connectivity index is 2.68. The van der Waals surface area contributed by atoms with Crippen molar-refractivity contribution in [2.45, 2.75) is 19.8 Å². The van der Waals surface area contributed by atoms with Gasteiger partial charge in [-0.2, -0.15) is 0 Å². The highest BCUT2D eigenvalue weighted by atomic mass is 35.5. The molecule has 0 heterocycles. The van der Waals surface area contributed by atoms with Crippen molar-refractivity contribution in [1.82, 2.24) is 0 Å². The minimum Gasteiger partial charge on any atom is -0.0891 e. The van der Waals surface area contributed by atoms with Crippen molar-refractivity contribution in [2.24, 2.45) is 5.92 Å². The van der Waals surface area contributed by atoms with Crippen molar-refractivity contribution in [2.75, 3.05) is 0 Å². The van der Waals surface area contributed by atoms with Gasteiger partial charge in [-0.05, 0) is 30.9 Å². The molecule has 0 nitrogen and oxygen atoms in total. The molecule has 0 aromatic heterocycles. The first-order valence-electron chi connectivity index (χ1n) is 3.45. The molecule has 0 radical (unpaired) electrons. The molecule has 1 aliphatic rings. The van der Waals surface area contributed by atoms with Gasteiger partial charge in [0.05, 0.1) is 0 Å². The third-order valence-corrected chi connectivity index (χ3v) is 2.46. The average Bonchev–Trinajstić information content (AvgIpc) is 1.94. The van der Waals surface area contributed by atoms with Gasteiger partial charge in [0.25, 0.3) is 0 Å². The summed E-state index contributed by atoms with van der Waals surface area (Å²) in [5, 5.41) is 1.85. The standard InChI is InChI=1S/C8H10Cl2/c1-2-6-5-7(9)3-4-8(6)10/h3-4,6H,2,5H2,1H3. The summed E-state index contributed by atoms with van der Waals surface area (Å²) in [4.78, 5) is 0. The predicted molar refractivity (Wildman–Crippen MR) is 46.3 cm³/mol. The fourth-order valence-electron chi connectivity index (χ4n) is 1.05. The minimum absolute atomic E-state index is 0.458. The van der Waals surface area contributed by atoms with Gasteiger partial charge in [0.2, 0.25) is 0 Å². The third-order valence-electron chi connectivity index (χ3n) is 1.75. The van der Waals surface area contributed by atoms with E-state index in [0.717, 1.165) is 22.9 Å². The van der Waals surface area contributed by atoms with Crippen molar-refractivity contribution < 1.29 is 0 Å². The van der Waals surface area contributed by atoms with Crippen molar-refractivity contribution in [3.8, 4) is 0 Å². The second-order valence-electron chi connectivity index (χ2n) is 2.47. The van der Waals surface area contributed by atoms with E-state index in [4.69, 9.17) is 23.2 Å². The maximum atomic E-state index is 5.91. The van der Waals surface area contributed by atoms with Crippen LogP contribution in [0.5, 0.6) is 0 Å². The maximum Gasteiger partial charge on any atom is 0.0215 e. The van der Waals surface area contributed by atoms with E-state index in [-0.39, 0.29) is 0 Å². The van der Waals surface area contributed by atoms with Gasteiger partial charge in [-0.15, -0.1) is 0 Å². The number of halogens is 2. The molecule has 0 fully saturated rings. The Hall–Kier alpha value is 0.0600. The molecule has 0 aromatic carbocycles. The van der Waals surface area contributed by atoms with Crippen LogP contribution in [0.2, 0.25) is 0 Å². The van der Waals surface area contributed by atoms with E-state index in [9.17, 15) is 0 Å². The SMILES string of the molecule is CCC1CC(Cl)=CC=C1Cl. The Morgan fingerprint density at radius 1 is 1.50 bits per heavy atom. The van der Waals surface area contributed by atoms with Gasteiger partial charge in [0.15, 0.2) is 0 Å². The topological polar surface area (TPSA) is 0 Å². The summed E-state index contributed by atoms with van der Waals surface area (Å²) >= 11 is 11.7. The summed E-state index contributed by atoms with van der Waals surface area (Å²) in [6, 6.07) is 0. The lowest BCUT2D eigenvalue weighted by Crippen LogP contribution is -2.01. The van der Waals surface area contributed by atoms with Crippen LogP contribution < -0.4 is 0 Å².